The van der Waals surface area contributed by atoms with Crippen LogP contribution in [0.15, 0.2) is 23.1 Å². The van der Waals surface area contributed by atoms with Gasteiger partial charge < -0.3 is 16.0 Å². The first-order valence-electron chi connectivity index (χ1n) is 5.21. The van der Waals surface area contributed by atoms with E-state index in [0.29, 0.717) is 6.54 Å². The minimum Gasteiger partial charge on any atom is -0.351 e. The fourth-order valence-electron chi connectivity index (χ4n) is 1.16. The van der Waals surface area contributed by atoms with E-state index in [4.69, 9.17) is 5.73 Å². The van der Waals surface area contributed by atoms with E-state index in [1.54, 1.807) is 12.3 Å². The Hall–Kier alpha value is -1.04. The first-order valence-corrected chi connectivity index (χ1v) is 5.21. The topological polar surface area (TPSA) is 88.0 Å². The van der Waals surface area contributed by atoms with E-state index in [-0.39, 0.29) is 42.2 Å². The maximum Gasteiger partial charge on any atom is 0.247 e. The van der Waals surface area contributed by atoms with Crippen molar-refractivity contribution in [1.29, 1.82) is 0 Å². The molecule has 18 heavy (non-hydrogen) atoms. The lowest BCUT2D eigenvalue weighted by Crippen LogP contribution is -2.43. The Morgan fingerprint density at radius 3 is 2.44 bits per heavy atom. The Balaban J connectivity index is 0. The SMILES string of the molecule is CC(C)[C@H](N)C(=O)NCc1ccc(=O)[nH]c1.Cl.Cl. The molecule has 1 aromatic heterocycles. The van der Waals surface area contributed by atoms with E-state index in [0.717, 1.165) is 5.56 Å². The van der Waals surface area contributed by atoms with Crippen LogP contribution < -0.4 is 16.6 Å². The number of pyridine rings is 1. The van der Waals surface area contributed by atoms with Crippen molar-refractivity contribution in [3.05, 3.63) is 34.2 Å². The molecule has 0 aliphatic rings. The Labute approximate surface area is 118 Å². The molecule has 104 valence electrons. The highest BCUT2D eigenvalue weighted by Crippen LogP contribution is 1.99. The lowest BCUT2D eigenvalue weighted by molar-refractivity contribution is -0.123. The molecule has 0 aliphatic carbocycles. The summed E-state index contributed by atoms with van der Waals surface area (Å²) in [5, 5.41) is 2.71. The van der Waals surface area contributed by atoms with Crippen LogP contribution in [0.25, 0.3) is 0 Å². The second-order valence-electron chi connectivity index (χ2n) is 4.05. The molecular formula is C11H19Cl2N3O2. The number of nitrogens with two attached hydrogens (primary N) is 1. The Morgan fingerprint density at radius 1 is 1.39 bits per heavy atom. The molecule has 4 N–H and O–H groups in total. The minimum atomic E-state index is -0.497. The first kappa shape index (κ1) is 19.3. The van der Waals surface area contributed by atoms with Crippen molar-refractivity contribution in [2.24, 2.45) is 11.7 Å². The number of aromatic nitrogens is 1. The lowest BCUT2D eigenvalue weighted by Gasteiger charge is -2.15. The van der Waals surface area contributed by atoms with Crippen LogP contribution in [0.3, 0.4) is 0 Å². The van der Waals surface area contributed by atoms with E-state index in [1.165, 1.54) is 6.07 Å². The van der Waals surface area contributed by atoms with Crippen molar-refractivity contribution in [2.45, 2.75) is 26.4 Å². The third-order valence-corrected chi connectivity index (χ3v) is 2.34. The molecule has 0 aliphatic heterocycles. The molecule has 0 fully saturated rings. The highest BCUT2D eigenvalue weighted by atomic mass is 35.5. The largest absolute Gasteiger partial charge is 0.351 e. The minimum absolute atomic E-state index is 0. The predicted molar refractivity (Wildman–Crippen MR) is 76.2 cm³/mol. The zero-order valence-electron chi connectivity index (χ0n) is 10.3. The van der Waals surface area contributed by atoms with Gasteiger partial charge in [0.05, 0.1) is 6.04 Å². The summed E-state index contributed by atoms with van der Waals surface area (Å²) in [7, 11) is 0. The number of carbonyl (C=O) groups is 1. The van der Waals surface area contributed by atoms with Crippen LogP contribution in [-0.4, -0.2) is 16.9 Å². The average Bonchev–Trinajstić information content (AvgIpc) is 2.26. The number of nitrogens with one attached hydrogen (secondary N) is 2. The second kappa shape index (κ2) is 8.97. The fourth-order valence-corrected chi connectivity index (χ4v) is 1.16. The monoisotopic (exact) mass is 295 g/mol. The molecule has 1 atom stereocenters. The van der Waals surface area contributed by atoms with Gasteiger partial charge in [0.15, 0.2) is 0 Å². The highest BCUT2D eigenvalue weighted by molar-refractivity contribution is 5.85. The van der Waals surface area contributed by atoms with Gasteiger partial charge in [0, 0.05) is 18.8 Å². The molecule has 0 aromatic carbocycles. The number of aromatic amines is 1. The zero-order chi connectivity index (χ0) is 12.1. The Kier molecular flexibility index (Phi) is 9.61. The molecule has 7 heteroatoms. The zero-order valence-corrected chi connectivity index (χ0v) is 11.9. The van der Waals surface area contributed by atoms with Crippen molar-refractivity contribution < 1.29 is 4.79 Å². The van der Waals surface area contributed by atoms with Crippen LogP contribution >= 0.6 is 24.8 Å². The molecule has 0 saturated carbocycles. The van der Waals surface area contributed by atoms with Crippen molar-refractivity contribution in [3.8, 4) is 0 Å². The summed E-state index contributed by atoms with van der Waals surface area (Å²) in [6, 6.07) is 2.59. The maximum atomic E-state index is 11.5. The summed E-state index contributed by atoms with van der Waals surface area (Å²) in [4.78, 5) is 24.8. The molecule has 0 bridgehead atoms. The summed E-state index contributed by atoms with van der Waals surface area (Å²) in [6.45, 7) is 4.16. The fraction of sp³-hybridized carbons (Fsp3) is 0.455. The standard InChI is InChI=1S/C11H17N3O2.2ClH/c1-7(2)10(12)11(16)14-6-8-3-4-9(15)13-5-8;;/h3-5,7,10H,6,12H2,1-2H3,(H,13,15)(H,14,16);2*1H/t10-;;/m0../s1. The molecular weight excluding hydrogens is 277 g/mol. The van der Waals surface area contributed by atoms with Gasteiger partial charge in [0.25, 0.3) is 0 Å². The molecule has 0 unspecified atom stereocenters. The van der Waals surface area contributed by atoms with Crippen molar-refractivity contribution in [1.82, 2.24) is 10.3 Å². The van der Waals surface area contributed by atoms with Crippen molar-refractivity contribution in [2.75, 3.05) is 0 Å². The van der Waals surface area contributed by atoms with Gasteiger partial charge in [-0.2, -0.15) is 0 Å². The van der Waals surface area contributed by atoms with Crippen LogP contribution in [0, 0.1) is 5.92 Å². The van der Waals surface area contributed by atoms with Gasteiger partial charge in [-0.05, 0) is 11.5 Å². The number of carbonyl (C=O) groups excluding carboxylic acids is 1. The van der Waals surface area contributed by atoms with Gasteiger partial charge in [-0.3, -0.25) is 9.59 Å². The summed E-state index contributed by atoms with van der Waals surface area (Å²) in [6.07, 6.45) is 1.57. The van der Waals surface area contributed by atoms with Crippen molar-refractivity contribution >= 4 is 30.7 Å². The molecule has 1 amide bonds. The summed E-state index contributed by atoms with van der Waals surface area (Å²) < 4.78 is 0. The molecule has 5 nitrogen and oxygen atoms in total. The molecule has 1 rings (SSSR count). The van der Waals surface area contributed by atoms with E-state index in [1.807, 2.05) is 13.8 Å². The van der Waals surface area contributed by atoms with Crippen LogP contribution in [0.4, 0.5) is 0 Å². The van der Waals surface area contributed by atoms with Gasteiger partial charge in [-0.25, -0.2) is 0 Å². The van der Waals surface area contributed by atoms with Gasteiger partial charge in [-0.15, -0.1) is 24.8 Å². The summed E-state index contributed by atoms with van der Waals surface area (Å²) in [5.41, 5.74) is 6.36. The van der Waals surface area contributed by atoms with E-state index in [9.17, 15) is 9.59 Å². The van der Waals surface area contributed by atoms with Gasteiger partial charge in [-0.1, -0.05) is 19.9 Å². The molecule has 1 heterocycles. The number of amides is 1. The number of halogens is 2. The number of H-pyrrole nitrogens is 1. The first-order chi connectivity index (χ1) is 7.50. The third kappa shape index (κ3) is 6.05. The smallest absolute Gasteiger partial charge is 0.247 e. The van der Waals surface area contributed by atoms with E-state index >= 15 is 0 Å². The van der Waals surface area contributed by atoms with Crippen LogP contribution in [0.2, 0.25) is 0 Å². The number of hydrogen-bond donors (Lipinski definition) is 3. The maximum absolute atomic E-state index is 11.5. The van der Waals surface area contributed by atoms with Gasteiger partial charge >= 0.3 is 0 Å². The van der Waals surface area contributed by atoms with Crippen LogP contribution in [0.5, 0.6) is 0 Å². The van der Waals surface area contributed by atoms with Crippen molar-refractivity contribution in [3.63, 3.8) is 0 Å². The molecule has 0 saturated heterocycles. The van der Waals surface area contributed by atoms with Gasteiger partial charge in [0.1, 0.15) is 0 Å². The summed E-state index contributed by atoms with van der Waals surface area (Å²) in [5.74, 6) is -0.0724. The number of rotatable bonds is 4. The third-order valence-electron chi connectivity index (χ3n) is 2.34. The number of hydrogen-bond acceptors (Lipinski definition) is 3. The molecule has 0 radical (unpaired) electrons. The summed E-state index contributed by atoms with van der Waals surface area (Å²) >= 11 is 0. The Morgan fingerprint density at radius 2 is 2.00 bits per heavy atom. The Bertz CT molecular complexity index is 400. The quantitative estimate of drug-likeness (QED) is 0.768. The lowest BCUT2D eigenvalue weighted by atomic mass is 10.1. The van der Waals surface area contributed by atoms with E-state index < -0.39 is 6.04 Å². The molecule has 1 aromatic rings. The average molecular weight is 296 g/mol. The van der Waals surface area contributed by atoms with E-state index in [2.05, 4.69) is 10.3 Å². The second-order valence-corrected chi connectivity index (χ2v) is 4.05. The van der Waals surface area contributed by atoms with Crippen LogP contribution in [-0.2, 0) is 11.3 Å². The van der Waals surface area contributed by atoms with Gasteiger partial charge in [0.2, 0.25) is 11.5 Å². The normalized spacial score (nSPS) is 11.1. The van der Waals surface area contributed by atoms with Crippen LogP contribution in [0.1, 0.15) is 19.4 Å². The molecule has 0 spiro atoms. The highest BCUT2D eigenvalue weighted by Gasteiger charge is 2.16. The predicted octanol–water partition coefficient (Wildman–Crippen LogP) is 0.818.